The first kappa shape index (κ1) is 73.8. The summed E-state index contributed by atoms with van der Waals surface area (Å²) >= 11 is 0. The third-order valence-electron chi connectivity index (χ3n) is 8.65. The standard InChI is InChI=1S/C24H54OP2.C6H15P.Cs.6HNO2/c1-6-11-13-15-19-23(24(25,26)21-17-14-12-7-2)20-16-18-22-27(8-3,9-4)10-5;1-4-7(5-2)6-3;;6*2-1-3/h23,25,27H,6-22,26H2,1-5H3;4-6H2,1-3H3;;6*(H,2,3). The van der Waals surface area contributed by atoms with Gasteiger partial charge in [-0.2, -0.15) is 0 Å². The Morgan fingerprint density at radius 2 is 0.811 bits per heavy atom. The van der Waals surface area contributed by atoms with Gasteiger partial charge in [0.25, 0.3) is 0 Å². The van der Waals surface area contributed by atoms with Gasteiger partial charge < -0.3 is 31.2 Å². The van der Waals surface area contributed by atoms with Crippen molar-refractivity contribution in [3.8, 4) is 0 Å². The first-order chi connectivity index (χ1) is 24.7. The maximum absolute atomic E-state index is 11.2. The van der Waals surface area contributed by atoms with Crippen LogP contribution in [0.4, 0.5) is 0 Å². The number of hydrogen-bond acceptors (Lipinski definition) is 13. The third kappa shape index (κ3) is 73.4. The van der Waals surface area contributed by atoms with Gasteiger partial charge >= 0.3 is 176 Å². The van der Waals surface area contributed by atoms with Crippen molar-refractivity contribution in [1.29, 1.82) is 0 Å². The van der Waals surface area contributed by atoms with Crippen molar-refractivity contribution in [2.45, 2.75) is 144 Å². The van der Waals surface area contributed by atoms with E-state index in [4.69, 9.17) is 60.7 Å². The van der Waals surface area contributed by atoms with Crippen molar-refractivity contribution < 1.29 is 36.4 Å². The van der Waals surface area contributed by atoms with Crippen LogP contribution in [-0.2, 0) is 0 Å². The number of nitrogens with zero attached hydrogens (tertiary/aromatic N) is 6. The van der Waals surface area contributed by atoms with E-state index in [0.29, 0.717) is 13.8 Å². The second kappa shape index (κ2) is 69.6. The smallest absolute Gasteiger partial charge is 0.379 e. The van der Waals surface area contributed by atoms with E-state index in [1.165, 1.54) is 152 Å². The Hall–Kier alpha value is -0.298. The number of rotatable bonds is 22. The summed E-state index contributed by atoms with van der Waals surface area (Å²) in [7, 11) is 2.34. The molecule has 0 aromatic carbocycles. The Morgan fingerprint density at radius 1 is 0.528 bits per heavy atom. The molecular weight excluding hydrogens is 878 g/mol. The van der Waals surface area contributed by atoms with Gasteiger partial charge in [-0.25, -0.2) is 0 Å². The summed E-state index contributed by atoms with van der Waals surface area (Å²) in [6.07, 6.45) is 26.5. The summed E-state index contributed by atoms with van der Waals surface area (Å²) in [5, 5.41) is 58.0. The molecular formula is C30H75CsN6O13P3. The zero-order chi connectivity index (χ0) is 42.5. The topological polar surface area (TPSA) is 318 Å². The van der Waals surface area contributed by atoms with Crippen molar-refractivity contribution in [2.24, 2.45) is 38.0 Å². The molecule has 0 aromatic heterocycles. The molecule has 0 heterocycles. The molecule has 3 atom stereocenters. The van der Waals surface area contributed by atoms with Gasteiger partial charge in [0.05, 0.1) is 0 Å². The van der Waals surface area contributed by atoms with Crippen LogP contribution in [0, 0.1) is 35.4 Å². The summed E-state index contributed by atoms with van der Waals surface area (Å²) in [6.45, 7) is 18.7. The summed E-state index contributed by atoms with van der Waals surface area (Å²) < 4.78 is 0. The van der Waals surface area contributed by atoms with Crippen molar-refractivity contribution in [3.63, 3.8) is 0 Å². The molecule has 0 aliphatic rings. The predicted molar refractivity (Wildman–Crippen MR) is 224 cm³/mol. The number of hydrogen-bond donors (Lipinski definition) is 7. The summed E-state index contributed by atoms with van der Waals surface area (Å²) in [6, 6.07) is 0. The van der Waals surface area contributed by atoms with Crippen LogP contribution in [0.2, 0.25) is 0 Å². The Balaban J connectivity index is -0.0000000861. The van der Waals surface area contributed by atoms with E-state index in [1.807, 2.05) is 0 Å². The summed E-state index contributed by atoms with van der Waals surface area (Å²) in [5.74, 6) is 0.474. The van der Waals surface area contributed by atoms with Crippen LogP contribution < -0.4 is 0 Å². The fourth-order valence-electron chi connectivity index (χ4n) is 5.34. The number of aliphatic hydroxyl groups is 1. The van der Waals surface area contributed by atoms with E-state index >= 15 is 0 Å². The van der Waals surface area contributed by atoms with Gasteiger partial charge in [-0.15, -0.1) is 37.4 Å². The molecule has 19 nitrogen and oxygen atoms in total. The van der Waals surface area contributed by atoms with Crippen LogP contribution in [0.3, 0.4) is 0 Å². The van der Waals surface area contributed by atoms with E-state index < -0.39 is 12.6 Å². The SMILES string of the molecule is CCCCCCC(CCCC[PH](CC)(CC)CC)C(O)(P)CCCCCC.CCP(CC)CC.O=NO.O=NO.O=NO.O=NO.O=NO.O=NO.[Cs]. The van der Waals surface area contributed by atoms with Gasteiger partial charge in [-0.3, -0.25) is 0 Å². The Bertz CT molecular complexity index is 652. The van der Waals surface area contributed by atoms with Crippen LogP contribution >= 0.6 is 24.4 Å². The van der Waals surface area contributed by atoms with Crippen LogP contribution in [0.5, 0.6) is 0 Å². The van der Waals surface area contributed by atoms with Crippen molar-refractivity contribution >= 4 is 93.3 Å². The first-order valence-electron chi connectivity index (χ1n) is 17.8. The first-order valence-corrected chi connectivity index (χ1v) is 23.1. The molecule has 0 spiro atoms. The summed E-state index contributed by atoms with van der Waals surface area (Å²) in [5.41, 5.74) is 0. The minimum atomic E-state index is -0.969. The Morgan fingerprint density at radius 3 is 1.06 bits per heavy atom. The molecule has 3 unspecified atom stereocenters. The van der Waals surface area contributed by atoms with Gasteiger partial charge in [0.15, 0.2) is 32.0 Å². The monoisotopic (exact) mass is 953 g/mol. The quantitative estimate of drug-likeness (QED) is 0.0230. The van der Waals surface area contributed by atoms with Crippen LogP contribution in [0.15, 0.2) is 32.0 Å². The molecule has 0 rings (SSSR count). The van der Waals surface area contributed by atoms with Gasteiger partial charge in [-0.05, 0) is 18.5 Å². The average Bonchev–Trinajstić information content (AvgIpc) is 3.11. The second-order valence-electron chi connectivity index (χ2n) is 11.3. The van der Waals surface area contributed by atoms with E-state index in [9.17, 15) is 5.11 Å². The van der Waals surface area contributed by atoms with E-state index in [2.05, 4.69) is 64.6 Å². The fourth-order valence-corrected chi connectivity index (χ4v) is 10.8. The molecule has 319 valence electrons. The number of unbranched alkanes of at least 4 members (excludes halogenated alkanes) is 7. The normalized spacial score (nSPS) is 11.0. The van der Waals surface area contributed by atoms with Crippen molar-refractivity contribution in [2.75, 3.05) is 43.1 Å². The molecule has 0 fully saturated rings. The molecule has 23 heteroatoms. The fraction of sp³-hybridized carbons (Fsp3) is 1.00. The molecule has 0 amide bonds. The molecule has 7 N–H and O–H groups in total. The Labute approximate surface area is 380 Å². The summed E-state index contributed by atoms with van der Waals surface area (Å²) in [4.78, 5) is 48.7. The molecule has 0 aromatic rings. The van der Waals surface area contributed by atoms with E-state index in [1.54, 1.807) is 0 Å². The molecule has 0 aliphatic carbocycles. The average molecular weight is 954 g/mol. The Kier molecular flexibility index (Phi) is 96.9. The second-order valence-corrected chi connectivity index (χ2v) is 21.1. The molecule has 0 saturated carbocycles. The zero-order valence-corrected chi connectivity index (χ0v) is 43.3. The van der Waals surface area contributed by atoms with Gasteiger partial charge in [0.2, 0.25) is 0 Å². The van der Waals surface area contributed by atoms with Crippen LogP contribution in [0.1, 0.15) is 139 Å². The minimum absolute atomic E-state index is 0. The van der Waals surface area contributed by atoms with Crippen LogP contribution in [-0.4, -0.2) is 154 Å². The van der Waals surface area contributed by atoms with Gasteiger partial charge in [0.1, 0.15) is 0 Å². The molecule has 0 aliphatic heterocycles. The molecule has 0 bridgehead atoms. The minimum Gasteiger partial charge on any atom is -0.379 e. The third-order valence-corrected chi connectivity index (χ3v) is 18.0. The molecule has 53 heavy (non-hydrogen) atoms. The van der Waals surface area contributed by atoms with Gasteiger partial charge in [0, 0.05) is 68.9 Å². The zero-order valence-electron chi connectivity index (χ0n) is 34.0. The molecule has 0 saturated heterocycles. The van der Waals surface area contributed by atoms with Crippen LogP contribution in [0.25, 0.3) is 0 Å². The predicted octanol–water partition coefficient (Wildman–Crippen LogP) is 11.1. The molecule has 1 radical (unpaired) electrons. The van der Waals surface area contributed by atoms with Crippen molar-refractivity contribution in [3.05, 3.63) is 29.4 Å². The van der Waals surface area contributed by atoms with Gasteiger partial charge in [-0.1, -0.05) is 20.8 Å². The maximum atomic E-state index is 11.2. The van der Waals surface area contributed by atoms with Crippen molar-refractivity contribution in [1.82, 2.24) is 0 Å². The van der Waals surface area contributed by atoms with E-state index in [-0.39, 0.29) is 68.9 Å². The van der Waals surface area contributed by atoms with E-state index in [0.717, 1.165) is 6.42 Å².